The number of aryl methyl sites for hydroxylation is 2. The van der Waals surface area contributed by atoms with E-state index in [1.165, 1.54) is 4.88 Å². The average Bonchev–Trinajstić information content (AvgIpc) is 3.42. The van der Waals surface area contributed by atoms with Gasteiger partial charge >= 0.3 is 0 Å². The zero-order valence-corrected chi connectivity index (χ0v) is 18.8. The predicted molar refractivity (Wildman–Crippen MR) is 124 cm³/mol. The third-order valence-electron chi connectivity index (χ3n) is 5.70. The maximum absolute atomic E-state index is 13.2. The predicted octanol–water partition coefficient (Wildman–Crippen LogP) is 3.68. The number of pyridine rings is 1. The molecule has 0 spiro atoms. The van der Waals surface area contributed by atoms with Gasteiger partial charge in [-0.2, -0.15) is 0 Å². The quantitative estimate of drug-likeness (QED) is 0.470. The molecule has 8 heteroatoms. The molecule has 0 saturated heterocycles. The van der Waals surface area contributed by atoms with E-state index in [0.717, 1.165) is 28.4 Å². The first-order valence-corrected chi connectivity index (χ1v) is 11.4. The fourth-order valence-corrected chi connectivity index (χ4v) is 5.04. The number of fused-ring (bicyclic) bond motifs is 1. The van der Waals surface area contributed by atoms with Crippen LogP contribution in [0.3, 0.4) is 0 Å². The maximum Gasteiger partial charge on any atom is 0.275 e. The summed E-state index contributed by atoms with van der Waals surface area (Å²) in [5.74, 6) is -0.141. The monoisotopic (exact) mass is 445 g/mol. The molecule has 0 bridgehead atoms. The molecule has 1 amide bonds. The first-order valence-electron chi connectivity index (χ1n) is 10.6. The molecule has 1 aliphatic heterocycles. The normalized spacial score (nSPS) is 13.4. The number of hydrogen-bond donors (Lipinski definition) is 0. The molecule has 0 fully saturated rings. The van der Waals surface area contributed by atoms with Crippen molar-refractivity contribution in [2.75, 3.05) is 6.54 Å². The van der Waals surface area contributed by atoms with E-state index in [1.807, 2.05) is 25.1 Å². The minimum Gasteiger partial charge on any atom is -0.330 e. The standard InChI is InChI=1S/C24H23N5O2S/c1-3-21-18(26-22(32-21)17-7-5-4-6-8-17)14-27-11-12-29-20(23(27)30)10-9-19(24(29)31)28-13-16(2)25-15-28/h4-10,13,15H,3,11-12,14H2,1-2H3. The third kappa shape index (κ3) is 3.56. The van der Waals surface area contributed by atoms with Crippen LogP contribution < -0.4 is 5.56 Å². The van der Waals surface area contributed by atoms with Gasteiger partial charge in [0.25, 0.3) is 11.5 Å². The third-order valence-corrected chi connectivity index (χ3v) is 7.00. The number of carbonyl (C=O) groups excluding carboxylic acids is 1. The minimum absolute atomic E-state index is 0.141. The van der Waals surface area contributed by atoms with Gasteiger partial charge in [0.15, 0.2) is 0 Å². The Morgan fingerprint density at radius 2 is 1.88 bits per heavy atom. The second kappa shape index (κ2) is 8.20. The van der Waals surface area contributed by atoms with Crippen molar-refractivity contribution in [3.8, 4) is 16.3 Å². The number of rotatable bonds is 5. The Morgan fingerprint density at radius 1 is 1.06 bits per heavy atom. The summed E-state index contributed by atoms with van der Waals surface area (Å²) in [5.41, 5.74) is 3.59. The SMILES string of the molecule is CCc1sc(-c2ccccc2)nc1CN1CCn2c(ccc(-n3cnc(C)c3)c2=O)C1=O. The van der Waals surface area contributed by atoms with Crippen molar-refractivity contribution in [3.05, 3.63) is 87.3 Å². The lowest BCUT2D eigenvalue weighted by atomic mass is 10.2. The summed E-state index contributed by atoms with van der Waals surface area (Å²) >= 11 is 1.68. The van der Waals surface area contributed by atoms with Crippen molar-refractivity contribution < 1.29 is 4.79 Å². The molecule has 0 radical (unpaired) electrons. The van der Waals surface area contributed by atoms with Gasteiger partial charge in [0.2, 0.25) is 0 Å². The summed E-state index contributed by atoms with van der Waals surface area (Å²) in [6, 6.07) is 13.5. The van der Waals surface area contributed by atoms with E-state index in [9.17, 15) is 9.59 Å². The lowest BCUT2D eigenvalue weighted by Crippen LogP contribution is -2.44. The van der Waals surface area contributed by atoms with Crippen LogP contribution in [0.1, 0.15) is 33.7 Å². The molecule has 4 aromatic rings. The van der Waals surface area contributed by atoms with Gasteiger partial charge in [-0.25, -0.2) is 9.97 Å². The molecular weight excluding hydrogens is 422 g/mol. The number of benzene rings is 1. The Morgan fingerprint density at radius 3 is 2.59 bits per heavy atom. The maximum atomic E-state index is 13.2. The summed E-state index contributed by atoms with van der Waals surface area (Å²) in [6.07, 6.45) is 4.29. The van der Waals surface area contributed by atoms with Crippen molar-refractivity contribution >= 4 is 17.2 Å². The smallest absolute Gasteiger partial charge is 0.275 e. The van der Waals surface area contributed by atoms with Gasteiger partial charge in [-0.05, 0) is 25.5 Å². The van der Waals surface area contributed by atoms with Crippen LogP contribution in [0.5, 0.6) is 0 Å². The molecule has 32 heavy (non-hydrogen) atoms. The Balaban J connectivity index is 1.43. The van der Waals surface area contributed by atoms with E-state index < -0.39 is 0 Å². The van der Waals surface area contributed by atoms with E-state index in [4.69, 9.17) is 4.98 Å². The molecule has 162 valence electrons. The average molecular weight is 446 g/mol. The van der Waals surface area contributed by atoms with Crippen molar-refractivity contribution in [2.45, 2.75) is 33.4 Å². The highest BCUT2D eigenvalue weighted by atomic mass is 32.1. The number of thiazole rings is 1. The fourth-order valence-electron chi connectivity index (χ4n) is 4.03. The Labute approximate surface area is 189 Å². The van der Waals surface area contributed by atoms with E-state index >= 15 is 0 Å². The van der Waals surface area contributed by atoms with Crippen LogP contribution in [0.25, 0.3) is 16.3 Å². The molecular formula is C24H23N5O2S. The number of hydrogen-bond acceptors (Lipinski definition) is 5. The molecule has 4 heterocycles. The van der Waals surface area contributed by atoms with E-state index in [0.29, 0.717) is 31.0 Å². The van der Waals surface area contributed by atoms with Gasteiger partial charge < -0.3 is 14.0 Å². The molecule has 5 rings (SSSR count). The van der Waals surface area contributed by atoms with Crippen LogP contribution >= 0.6 is 11.3 Å². The first kappa shape index (κ1) is 20.4. The largest absolute Gasteiger partial charge is 0.330 e. The summed E-state index contributed by atoms with van der Waals surface area (Å²) in [7, 11) is 0. The summed E-state index contributed by atoms with van der Waals surface area (Å²) < 4.78 is 3.27. The highest BCUT2D eigenvalue weighted by Gasteiger charge is 2.27. The second-order valence-corrected chi connectivity index (χ2v) is 8.90. The molecule has 3 aromatic heterocycles. The molecule has 7 nitrogen and oxygen atoms in total. The highest BCUT2D eigenvalue weighted by molar-refractivity contribution is 7.15. The zero-order chi connectivity index (χ0) is 22.2. The topological polar surface area (TPSA) is 73.0 Å². The first-order chi connectivity index (χ1) is 15.5. The number of imidazole rings is 1. The molecule has 0 aliphatic carbocycles. The van der Waals surface area contributed by atoms with Gasteiger partial charge in [-0.15, -0.1) is 11.3 Å². The van der Waals surface area contributed by atoms with Crippen LogP contribution in [0, 0.1) is 6.92 Å². The van der Waals surface area contributed by atoms with Gasteiger partial charge in [-0.1, -0.05) is 37.3 Å². The van der Waals surface area contributed by atoms with Crippen LogP contribution in [-0.4, -0.2) is 36.5 Å². The van der Waals surface area contributed by atoms with Crippen molar-refractivity contribution in [3.63, 3.8) is 0 Å². The van der Waals surface area contributed by atoms with E-state index in [-0.39, 0.29) is 11.5 Å². The van der Waals surface area contributed by atoms with Gasteiger partial charge in [0.05, 0.1) is 24.3 Å². The summed E-state index contributed by atoms with van der Waals surface area (Å²) in [4.78, 5) is 38.3. The van der Waals surface area contributed by atoms with E-state index in [2.05, 4.69) is 24.0 Å². The van der Waals surface area contributed by atoms with Gasteiger partial charge in [0.1, 0.15) is 16.4 Å². The Hall–Kier alpha value is -3.52. The number of carbonyl (C=O) groups is 1. The van der Waals surface area contributed by atoms with Crippen LogP contribution in [-0.2, 0) is 19.5 Å². The molecule has 0 atom stereocenters. The zero-order valence-electron chi connectivity index (χ0n) is 18.0. The molecule has 0 N–H and O–H groups in total. The number of aromatic nitrogens is 4. The Bertz CT molecular complexity index is 1350. The summed E-state index contributed by atoms with van der Waals surface area (Å²) in [5, 5.41) is 0.971. The lowest BCUT2D eigenvalue weighted by Gasteiger charge is -2.29. The van der Waals surface area contributed by atoms with Gasteiger partial charge in [0, 0.05) is 29.7 Å². The van der Waals surface area contributed by atoms with Crippen LogP contribution in [0.15, 0.2) is 59.8 Å². The van der Waals surface area contributed by atoms with Crippen LogP contribution in [0.2, 0.25) is 0 Å². The number of amides is 1. The Kier molecular flexibility index (Phi) is 5.22. The van der Waals surface area contributed by atoms with E-state index in [1.54, 1.807) is 50.0 Å². The lowest BCUT2D eigenvalue weighted by molar-refractivity contribution is 0.0684. The fraction of sp³-hybridized carbons (Fsp3) is 0.250. The second-order valence-electron chi connectivity index (χ2n) is 7.82. The molecule has 1 aliphatic rings. The molecule has 0 unspecified atom stereocenters. The summed E-state index contributed by atoms with van der Waals surface area (Å²) in [6.45, 7) is 5.36. The minimum atomic E-state index is -0.179. The molecule has 0 saturated carbocycles. The van der Waals surface area contributed by atoms with Crippen molar-refractivity contribution in [1.29, 1.82) is 0 Å². The number of nitrogens with zero attached hydrogens (tertiary/aromatic N) is 5. The van der Waals surface area contributed by atoms with Crippen molar-refractivity contribution in [2.24, 2.45) is 0 Å². The highest BCUT2D eigenvalue weighted by Crippen LogP contribution is 2.29. The van der Waals surface area contributed by atoms with Crippen molar-refractivity contribution in [1.82, 2.24) is 24.0 Å². The van der Waals surface area contributed by atoms with Gasteiger partial charge in [-0.3, -0.25) is 9.59 Å². The molecule has 1 aromatic carbocycles. The van der Waals surface area contributed by atoms with Crippen LogP contribution in [0.4, 0.5) is 0 Å².